The molecule has 0 radical (unpaired) electrons. The van der Waals surface area contributed by atoms with Crippen molar-refractivity contribution in [1.29, 1.82) is 0 Å². The number of benzene rings is 2. The van der Waals surface area contributed by atoms with Crippen LogP contribution in [-0.4, -0.2) is 18.1 Å². The summed E-state index contributed by atoms with van der Waals surface area (Å²) in [5, 5.41) is 2.61. The Morgan fingerprint density at radius 1 is 1.00 bits per heavy atom. The quantitative estimate of drug-likeness (QED) is 0.836. The van der Waals surface area contributed by atoms with Crippen LogP contribution in [0.25, 0.3) is 0 Å². The molecule has 6 heteroatoms. The van der Waals surface area contributed by atoms with Gasteiger partial charge in [0, 0.05) is 0 Å². The second-order valence-electron chi connectivity index (χ2n) is 6.36. The fourth-order valence-corrected chi connectivity index (χ4v) is 2.34. The van der Waals surface area contributed by atoms with E-state index in [9.17, 15) is 18.0 Å². The molecule has 2 rings (SSSR count). The van der Waals surface area contributed by atoms with Crippen LogP contribution in [0.1, 0.15) is 35.3 Å². The number of hydrogen-bond donors (Lipinski definition) is 1. The first-order valence-corrected chi connectivity index (χ1v) is 7.79. The van der Waals surface area contributed by atoms with Crippen LogP contribution in [0.2, 0.25) is 0 Å². The number of nitrogens with one attached hydrogen (secondary N) is 1. The van der Waals surface area contributed by atoms with Crippen molar-refractivity contribution >= 4 is 5.91 Å². The summed E-state index contributed by atoms with van der Waals surface area (Å²) in [6, 6.07) is 14.2. The van der Waals surface area contributed by atoms with E-state index in [0.717, 1.165) is 11.6 Å². The maximum atomic E-state index is 13.0. The van der Waals surface area contributed by atoms with Gasteiger partial charge in [0.25, 0.3) is 5.91 Å². The molecule has 0 saturated carbocycles. The van der Waals surface area contributed by atoms with Gasteiger partial charge in [-0.05, 0) is 31.5 Å². The number of amides is 1. The Hall–Kier alpha value is -2.34. The first kappa shape index (κ1) is 19.0. The lowest BCUT2D eigenvalue weighted by Gasteiger charge is -2.27. The summed E-state index contributed by atoms with van der Waals surface area (Å²) < 4.78 is 44.7. The first-order valence-electron chi connectivity index (χ1n) is 7.79. The lowest BCUT2D eigenvalue weighted by atomic mass is 10.0. The molecule has 2 aromatic carbocycles. The molecular weight excluding hydrogens is 331 g/mol. The van der Waals surface area contributed by atoms with Crippen LogP contribution < -0.4 is 5.32 Å². The molecule has 0 saturated heterocycles. The number of carbonyl (C=O) groups excluding carboxylic acids is 1. The first-order chi connectivity index (χ1) is 11.7. The molecule has 3 nitrogen and oxygen atoms in total. The van der Waals surface area contributed by atoms with Gasteiger partial charge in [0.15, 0.2) is 0 Å². The fraction of sp³-hybridized carbons (Fsp3) is 0.316. The predicted molar refractivity (Wildman–Crippen MR) is 89.1 cm³/mol. The van der Waals surface area contributed by atoms with Crippen molar-refractivity contribution in [2.75, 3.05) is 6.61 Å². The largest absolute Gasteiger partial charge is 0.417 e. The maximum Gasteiger partial charge on any atom is 0.417 e. The molecule has 0 unspecified atom stereocenters. The Bertz CT molecular complexity index is 712. The van der Waals surface area contributed by atoms with Crippen molar-refractivity contribution in [2.24, 2.45) is 0 Å². The van der Waals surface area contributed by atoms with Crippen LogP contribution in [0.15, 0.2) is 54.6 Å². The number of hydrogen-bond acceptors (Lipinski definition) is 2. The van der Waals surface area contributed by atoms with E-state index in [1.807, 2.05) is 30.3 Å². The van der Waals surface area contributed by atoms with Gasteiger partial charge in [-0.2, -0.15) is 13.2 Å². The minimum Gasteiger partial charge on any atom is -0.374 e. The topological polar surface area (TPSA) is 38.3 Å². The highest BCUT2D eigenvalue weighted by molar-refractivity contribution is 5.96. The van der Waals surface area contributed by atoms with Crippen molar-refractivity contribution in [2.45, 2.75) is 32.2 Å². The number of carbonyl (C=O) groups is 1. The Labute approximate surface area is 144 Å². The average molecular weight is 351 g/mol. The van der Waals surface area contributed by atoms with Gasteiger partial charge in [0.1, 0.15) is 0 Å². The van der Waals surface area contributed by atoms with E-state index in [1.165, 1.54) is 18.2 Å². The minimum atomic E-state index is -4.58. The van der Waals surface area contributed by atoms with Gasteiger partial charge in [0.05, 0.1) is 29.9 Å². The summed E-state index contributed by atoms with van der Waals surface area (Å²) in [6.07, 6.45) is -4.58. The Kier molecular flexibility index (Phi) is 5.85. The third-order valence-corrected chi connectivity index (χ3v) is 3.50. The summed E-state index contributed by atoms with van der Waals surface area (Å²) in [5.74, 6) is -0.777. The Balaban J connectivity index is 1.99. The Morgan fingerprint density at radius 3 is 2.24 bits per heavy atom. The number of halogens is 3. The van der Waals surface area contributed by atoms with Gasteiger partial charge >= 0.3 is 6.18 Å². The van der Waals surface area contributed by atoms with Crippen molar-refractivity contribution in [3.63, 3.8) is 0 Å². The predicted octanol–water partition coefficient (Wildman–Crippen LogP) is 4.43. The van der Waals surface area contributed by atoms with E-state index in [0.29, 0.717) is 6.61 Å². The number of rotatable bonds is 6. The molecule has 2 aromatic rings. The van der Waals surface area contributed by atoms with Gasteiger partial charge in [-0.15, -0.1) is 0 Å². The molecule has 0 aromatic heterocycles. The molecule has 0 aliphatic carbocycles. The van der Waals surface area contributed by atoms with E-state index in [-0.39, 0.29) is 6.61 Å². The van der Waals surface area contributed by atoms with Gasteiger partial charge in [-0.3, -0.25) is 4.79 Å². The Morgan fingerprint density at radius 2 is 1.60 bits per heavy atom. The van der Waals surface area contributed by atoms with Gasteiger partial charge in [-0.1, -0.05) is 42.5 Å². The highest BCUT2D eigenvalue weighted by Crippen LogP contribution is 2.31. The van der Waals surface area contributed by atoms with E-state index in [1.54, 1.807) is 13.8 Å². The second-order valence-corrected chi connectivity index (χ2v) is 6.36. The molecule has 25 heavy (non-hydrogen) atoms. The van der Waals surface area contributed by atoms with Crippen LogP contribution >= 0.6 is 0 Å². The second kappa shape index (κ2) is 7.70. The van der Waals surface area contributed by atoms with Crippen molar-refractivity contribution < 1.29 is 22.7 Å². The normalized spacial score (nSPS) is 12.0. The van der Waals surface area contributed by atoms with E-state index in [2.05, 4.69) is 5.32 Å². The highest BCUT2D eigenvalue weighted by atomic mass is 19.4. The van der Waals surface area contributed by atoms with Crippen molar-refractivity contribution in [1.82, 2.24) is 5.32 Å². The molecule has 0 aliphatic heterocycles. The number of ether oxygens (including phenoxy) is 1. The highest BCUT2D eigenvalue weighted by Gasteiger charge is 2.35. The van der Waals surface area contributed by atoms with Gasteiger partial charge < -0.3 is 10.1 Å². The standard InChI is InChI=1S/C19H20F3NO2/c1-18(2,13-25-12-14-8-4-3-5-9-14)23-17(24)15-10-6-7-11-16(15)19(20,21)22/h3-11H,12-13H2,1-2H3,(H,23,24). The smallest absolute Gasteiger partial charge is 0.374 e. The zero-order chi connectivity index (χ0) is 18.5. The molecule has 1 N–H and O–H groups in total. The molecule has 0 aliphatic rings. The molecule has 0 fully saturated rings. The fourth-order valence-electron chi connectivity index (χ4n) is 2.34. The molecule has 134 valence electrons. The lowest BCUT2D eigenvalue weighted by molar-refractivity contribution is -0.138. The summed E-state index contributed by atoms with van der Waals surface area (Å²) in [5.41, 5.74) is -1.18. The summed E-state index contributed by atoms with van der Waals surface area (Å²) >= 11 is 0. The third kappa shape index (κ3) is 5.60. The molecular formula is C19H20F3NO2. The molecule has 0 atom stereocenters. The lowest BCUT2D eigenvalue weighted by Crippen LogP contribution is -2.47. The monoisotopic (exact) mass is 351 g/mol. The number of alkyl halides is 3. The third-order valence-electron chi connectivity index (χ3n) is 3.50. The summed E-state index contributed by atoms with van der Waals surface area (Å²) in [6.45, 7) is 3.93. The van der Waals surface area contributed by atoms with Gasteiger partial charge in [0.2, 0.25) is 0 Å². The van der Waals surface area contributed by atoms with Crippen LogP contribution in [0.5, 0.6) is 0 Å². The molecule has 0 bridgehead atoms. The molecule has 0 spiro atoms. The van der Waals surface area contributed by atoms with Crippen LogP contribution in [-0.2, 0) is 17.5 Å². The SMILES string of the molecule is CC(C)(COCc1ccccc1)NC(=O)c1ccccc1C(F)(F)F. The zero-order valence-corrected chi connectivity index (χ0v) is 14.1. The van der Waals surface area contributed by atoms with Crippen LogP contribution in [0, 0.1) is 0 Å². The van der Waals surface area contributed by atoms with Crippen LogP contribution in [0.4, 0.5) is 13.2 Å². The summed E-state index contributed by atoms with van der Waals surface area (Å²) in [4.78, 5) is 12.3. The maximum absolute atomic E-state index is 13.0. The molecule has 0 heterocycles. The zero-order valence-electron chi connectivity index (χ0n) is 14.1. The van der Waals surface area contributed by atoms with E-state index < -0.39 is 28.7 Å². The minimum absolute atomic E-state index is 0.168. The van der Waals surface area contributed by atoms with E-state index in [4.69, 9.17) is 4.74 Å². The van der Waals surface area contributed by atoms with Crippen LogP contribution in [0.3, 0.4) is 0 Å². The van der Waals surface area contributed by atoms with E-state index >= 15 is 0 Å². The van der Waals surface area contributed by atoms with Crippen molar-refractivity contribution in [3.8, 4) is 0 Å². The van der Waals surface area contributed by atoms with Crippen molar-refractivity contribution in [3.05, 3.63) is 71.3 Å². The molecule has 1 amide bonds. The van der Waals surface area contributed by atoms with Gasteiger partial charge in [-0.25, -0.2) is 0 Å². The summed E-state index contributed by atoms with van der Waals surface area (Å²) in [7, 11) is 0. The average Bonchev–Trinajstić information content (AvgIpc) is 2.54.